The first-order chi connectivity index (χ1) is 15.0. The van der Waals surface area contributed by atoms with E-state index in [0.29, 0.717) is 16.5 Å². The molecule has 0 bridgehead atoms. The Hall–Kier alpha value is -2.54. The molecular weight excluding hydrogens is 439 g/mol. The Morgan fingerprint density at radius 3 is 2.61 bits per heavy atom. The second kappa shape index (κ2) is 11.2. The van der Waals surface area contributed by atoms with Gasteiger partial charge in [-0.1, -0.05) is 41.4 Å². The molecule has 6 nitrogen and oxygen atoms in total. The molecule has 0 radical (unpaired) electrons. The number of nitrogens with zero attached hydrogens (tertiary/aromatic N) is 1. The van der Waals surface area contributed by atoms with Crippen LogP contribution in [0.15, 0.2) is 53.1 Å². The summed E-state index contributed by atoms with van der Waals surface area (Å²) in [6, 6.07) is 13.7. The van der Waals surface area contributed by atoms with Crippen molar-refractivity contribution in [3.05, 3.63) is 69.9 Å². The standard InChI is InChI=1S/C22H22Cl2N2O2.CH2O2/c23-19-5-4-15(12-20(19)24)14-26-9-6-17(7-10-26)25-22(27)13-16-2-1-3-21-18(16)8-11-28-21;2-1-3/h1-5,8,11-12,17H,6-7,9-10,13-14H2,(H,25,27);1H,(H,2,3). The number of piperidine rings is 1. The Kier molecular flexibility index (Phi) is 8.35. The van der Waals surface area contributed by atoms with Gasteiger partial charge in [0.2, 0.25) is 5.91 Å². The highest BCUT2D eigenvalue weighted by Crippen LogP contribution is 2.24. The molecule has 164 valence electrons. The molecule has 1 fully saturated rings. The molecular formula is C23H24Cl2N2O4. The van der Waals surface area contributed by atoms with Gasteiger partial charge in [0.1, 0.15) is 5.58 Å². The van der Waals surface area contributed by atoms with E-state index in [1.807, 2.05) is 42.5 Å². The van der Waals surface area contributed by atoms with Crippen LogP contribution in [0.2, 0.25) is 10.0 Å². The quantitative estimate of drug-likeness (QED) is 0.533. The molecule has 2 heterocycles. The summed E-state index contributed by atoms with van der Waals surface area (Å²) in [6.07, 6.45) is 3.93. The number of likely N-dealkylation sites (tertiary alicyclic amines) is 1. The summed E-state index contributed by atoms with van der Waals surface area (Å²) in [6.45, 7) is 2.49. The van der Waals surface area contributed by atoms with Gasteiger partial charge >= 0.3 is 0 Å². The van der Waals surface area contributed by atoms with Crippen LogP contribution in [0.5, 0.6) is 0 Å². The van der Waals surface area contributed by atoms with E-state index in [0.717, 1.165) is 54.6 Å². The first-order valence-corrected chi connectivity index (χ1v) is 10.7. The fourth-order valence-corrected chi connectivity index (χ4v) is 4.11. The minimum Gasteiger partial charge on any atom is -0.483 e. The molecule has 4 rings (SSSR count). The summed E-state index contributed by atoms with van der Waals surface area (Å²) in [5, 5.41) is 12.3. The first-order valence-electron chi connectivity index (χ1n) is 9.98. The third kappa shape index (κ3) is 6.47. The first kappa shape index (κ1) is 23.1. The van der Waals surface area contributed by atoms with Gasteiger partial charge in [-0.05, 0) is 48.2 Å². The number of hydrogen-bond acceptors (Lipinski definition) is 4. The molecule has 0 spiro atoms. The lowest BCUT2D eigenvalue weighted by atomic mass is 10.0. The van der Waals surface area contributed by atoms with Gasteiger partial charge in [0.15, 0.2) is 0 Å². The summed E-state index contributed by atoms with van der Waals surface area (Å²) in [4.78, 5) is 23.3. The van der Waals surface area contributed by atoms with Crippen molar-refractivity contribution in [2.75, 3.05) is 13.1 Å². The molecule has 8 heteroatoms. The van der Waals surface area contributed by atoms with Gasteiger partial charge in [-0.3, -0.25) is 14.5 Å². The summed E-state index contributed by atoms with van der Waals surface area (Å²) in [5.74, 6) is 0.0663. The highest BCUT2D eigenvalue weighted by atomic mass is 35.5. The van der Waals surface area contributed by atoms with Crippen LogP contribution in [0.4, 0.5) is 0 Å². The van der Waals surface area contributed by atoms with Gasteiger partial charge in [-0.15, -0.1) is 0 Å². The van der Waals surface area contributed by atoms with Crippen LogP contribution in [0.1, 0.15) is 24.0 Å². The van der Waals surface area contributed by atoms with Crippen LogP contribution in [-0.2, 0) is 22.6 Å². The van der Waals surface area contributed by atoms with Crippen molar-refractivity contribution in [3.8, 4) is 0 Å². The van der Waals surface area contributed by atoms with Crippen LogP contribution in [0, 0.1) is 0 Å². The van der Waals surface area contributed by atoms with E-state index in [1.165, 1.54) is 0 Å². The zero-order valence-corrected chi connectivity index (χ0v) is 18.4. The van der Waals surface area contributed by atoms with Gasteiger partial charge in [0.25, 0.3) is 6.47 Å². The van der Waals surface area contributed by atoms with Crippen LogP contribution < -0.4 is 5.32 Å². The largest absolute Gasteiger partial charge is 0.483 e. The minimum atomic E-state index is -0.250. The Labute approximate surface area is 190 Å². The van der Waals surface area contributed by atoms with E-state index >= 15 is 0 Å². The smallest absolute Gasteiger partial charge is 0.290 e. The fraction of sp³-hybridized carbons (Fsp3) is 0.304. The number of furan rings is 1. The van der Waals surface area contributed by atoms with Crippen molar-refractivity contribution < 1.29 is 19.1 Å². The summed E-state index contributed by atoms with van der Waals surface area (Å²) in [5.41, 5.74) is 2.98. The van der Waals surface area contributed by atoms with Gasteiger partial charge in [0.05, 0.1) is 22.7 Å². The van der Waals surface area contributed by atoms with E-state index in [9.17, 15) is 4.79 Å². The second-order valence-electron chi connectivity index (χ2n) is 7.40. The molecule has 0 unspecified atom stereocenters. The van der Waals surface area contributed by atoms with Crippen LogP contribution >= 0.6 is 23.2 Å². The van der Waals surface area contributed by atoms with Gasteiger partial charge in [0, 0.05) is 31.1 Å². The van der Waals surface area contributed by atoms with Crippen LogP contribution in [0.3, 0.4) is 0 Å². The van der Waals surface area contributed by atoms with Crippen molar-refractivity contribution >= 4 is 46.6 Å². The maximum atomic E-state index is 12.5. The molecule has 3 aromatic rings. The maximum Gasteiger partial charge on any atom is 0.290 e. The molecule has 0 saturated carbocycles. The molecule has 1 saturated heterocycles. The molecule has 2 aromatic carbocycles. The summed E-state index contributed by atoms with van der Waals surface area (Å²) < 4.78 is 5.41. The predicted octanol–water partition coefficient (Wildman–Crippen LogP) is 4.76. The van der Waals surface area contributed by atoms with E-state index in [1.54, 1.807) is 6.26 Å². The van der Waals surface area contributed by atoms with Crippen molar-refractivity contribution in [3.63, 3.8) is 0 Å². The average molecular weight is 463 g/mol. The monoisotopic (exact) mass is 462 g/mol. The highest BCUT2D eigenvalue weighted by molar-refractivity contribution is 6.42. The highest BCUT2D eigenvalue weighted by Gasteiger charge is 2.21. The topological polar surface area (TPSA) is 82.8 Å². The van der Waals surface area contributed by atoms with Crippen molar-refractivity contribution in [1.29, 1.82) is 0 Å². The molecule has 1 amide bonds. The zero-order valence-electron chi connectivity index (χ0n) is 16.9. The minimum absolute atomic E-state index is 0.0663. The zero-order chi connectivity index (χ0) is 22.2. The number of rotatable bonds is 5. The Morgan fingerprint density at radius 2 is 1.90 bits per heavy atom. The van der Waals surface area contributed by atoms with Crippen molar-refractivity contribution in [1.82, 2.24) is 10.2 Å². The van der Waals surface area contributed by atoms with Gasteiger partial charge in [-0.25, -0.2) is 0 Å². The number of benzene rings is 2. The summed E-state index contributed by atoms with van der Waals surface area (Å²) >= 11 is 12.1. The molecule has 1 aromatic heterocycles. The lowest BCUT2D eigenvalue weighted by molar-refractivity contribution is -0.123. The number of amides is 1. The third-order valence-electron chi connectivity index (χ3n) is 5.28. The molecule has 0 atom stereocenters. The maximum absolute atomic E-state index is 12.5. The number of nitrogens with one attached hydrogen (secondary N) is 1. The average Bonchev–Trinajstić information content (AvgIpc) is 3.23. The van der Waals surface area contributed by atoms with E-state index in [-0.39, 0.29) is 18.4 Å². The van der Waals surface area contributed by atoms with Gasteiger partial charge in [-0.2, -0.15) is 0 Å². The number of carbonyl (C=O) groups excluding carboxylic acids is 1. The van der Waals surface area contributed by atoms with E-state index in [4.69, 9.17) is 37.5 Å². The molecule has 1 aliphatic heterocycles. The lowest BCUT2D eigenvalue weighted by Crippen LogP contribution is -2.44. The van der Waals surface area contributed by atoms with Crippen molar-refractivity contribution in [2.45, 2.75) is 31.8 Å². The Balaban J connectivity index is 0.000000858. The van der Waals surface area contributed by atoms with Crippen LogP contribution in [0.25, 0.3) is 11.0 Å². The molecule has 0 aliphatic carbocycles. The second-order valence-corrected chi connectivity index (χ2v) is 8.21. The number of fused-ring (bicyclic) bond motifs is 1. The Bertz CT molecular complexity index is 1030. The lowest BCUT2D eigenvalue weighted by Gasteiger charge is -2.32. The molecule has 31 heavy (non-hydrogen) atoms. The van der Waals surface area contributed by atoms with Crippen LogP contribution in [-0.4, -0.2) is 41.5 Å². The predicted molar refractivity (Wildman–Crippen MR) is 122 cm³/mol. The summed E-state index contributed by atoms with van der Waals surface area (Å²) in [7, 11) is 0. The normalized spacial score (nSPS) is 14.6. The number of halogens is 2. The van der Waals surface area contributed by atoms with Gasteiger partial charge < -0.3 is 14.8 Å². The number of hydrogen-bond donors (Lipinski definition) is 2. The molecule has 2 N–H and O–H groups in total. The molecule has 1 aliphatic rings. The SMILES string of the molecule is O=C(Cc1cccc2occc12)NC1CCN(Cc2ccc(Cl)c(Cl)c2)CC1.O=CO. The Morgan fingerprint density at radius 1 is 1.16 bits per heavy atom. The van der Waals surface area contributed by atoms with Crippen molar-refractivity contribution in [2.24, 2.45) is 0 Å². The fourth-order valence-electron chi connectivity index (χ4n) is 3.79. The van der Waals surface area contributed by atoms with E-state index in [2.05, 4.69) is 10.2 Å². The van der Waals surface area contributed by atoms with E-state index < -0.39 is 0 Å². The number of carboxylic acid groups (broad SMARTS) is 1. The number of carbonyl (C=O) groups is 2. The third-order valence-corrected chi connectivity index (χ3v) is 6.02.